The summed E-state index contributed by atoms with van der Waals surface area (Å²) in [5, 5.41) is 8.33. The summed E-state index contributed by atoms with van der Waals surface area (Å²) in [6.07, 6.45) is 25.8. The summed E-state index contributed by atoms with van der Waals surface area (Å²) in [5.74, 6) is 18.0. The molecule has 0 spiro atoms. The van der Waals surface area contributed by atoms with E-state index in [1.165, 1.54) is 100 Å². The molecule has 0 bridgehead atoms. The maximum Gasteiger partial charge on any atom is 0.140 e. The molecule has 0 amide bonds. The Bertz CT molecular complexity index is 7190. The van der Waals surface area contributed by atoms with Gasteiger partial charge in [0, 0.05) is 52.6 Å². The van der Waals surface area contributed by atoms with Crippen LogP contribution in [0.4, 0.5) is 34.1 Å². The zero-order valence-electron chi connectivity index (χ0n) is 82.6. The number of aliphatic hydroxyl groups is 1. The predicted molar refractivity (Wildman–Crippen MR) is 616 cm³/mol. The lowest BCUT2D eigenvalue weighted by Crippen LogP contribution is -2.09. The number of anilines is 6. The highest BCUT2D eigenvalue weighted by Gasteiger charge is 2.18. The van der Waals surface area contributed by atoms with Crippen molar-refractivity contribution < 1.29 is 14.6 Å². The molecular weight excluding hydrogens is 1750 g/mol. The third-order valence-corrected chi connectivity index (χ3v) is 25.1. The van der Waals surface area contributed by atoms with Crippen molar-refractivity contribution in [2.45, 2.75) is 61.8 Å². The second-order valence-electron chi connectivity index (χ2n) is 35.4. The summed E-state index contributed by atoms with van der Waals surface area (Å²) in [6.45, 7) is 16.5. The van der Waals surface area contributed by atoms with Gasteiger partial charge in [-0.3, -0.25) is 0 Å². The summed E-state index contributed by atoms with van der Waals surface area (Å²) < 4.78 is 10.9. The molecule has 0 heterocycles. The van der Waals surface area contributed by atoms with Gasteiger partial charge in [0.1, 0.15) is 23.7 Å². The Balaban J connectivity index is 0.000000197. The molecule has 0 saturated carbocycles. The molecule has 698 valence electrons. The standard InChI is InChI=1S/C71H51NO2.C63H51N.C5H12O/c1-4-6-8-52-73-70-48-26-59(27-49-70)18-16-57-22-32-62(33-23-57)65-38-44-68(45-39-65)72(67-42-36-64(37-43-67)61-30-20-56(21-31-61)15-14-55-12-10-54(3)11-13-55)69-46-40-66(41-47-69)63-34-24-58(25-35-63)17-19-60-28-50-71(51-29-60)74-53-9-7-5-2;1-46(52-13-7-4-8-14-52)43-49-19-25-55(26-20-49)58-31-37-61(38-32-58)64(62-39-33-59(34-40-62)56-27-21-50(22-28-56)44-47(2)53-15-9-5-10-16-53)63-41-35-60(36-42-63)57-29-23-51(24-30-57)45-48(3)54-17-11-6-12-18-54;1-3-5(2)4-6/h10-51H,1-3H3;4-45H,1-3H3;5-6H,3-4H2,1-2H3/b15-14+,18-16+,19-17+;46-43+,47-44+,48-45+;. The highest BCUT2D eigenvalue weighted by Crippen LogP contribution is 2.42. The first-order valence-electron chi connectivity index (χ1n) is 48.8. The van der Waals surface area contributed by atoms with Crippen LogP contribution in [0.25, 0.3) is 138 Å². The van der Waals surface area contributed by atoms with Crippen molar-refractivity contribution in [3.05, 3.63) is 527 Å². The highest BCUT2D eigenvalue weighted by atomic mass is 16.5. The minimum Gasteiger partial charge on any atom is -0.407 e. The Morgan fingerprint density at radius 2 is 0.438 bits per heavy atom. The molecule has 0 aromatic heterocycles. The Hall–Kier alpha value is -18.2. The summed E-state index contributed by atoms with van der Waals surface area (Å²) in [4.78, 5) is 4.66. The van der Waals surface area contributed by atoms with E-state index in [0.29, 0.717) is 24.0 Å². The molecule has 5 nitrogen and oxygen atoms in total. The van der Waals surface area contributed by atoms with Gasteiger partial charge >= 0.3 is 0 Å². The third kappa shape index (κ3) is 27.9. The maximum absolute atomic E-state index is 8.33. The van der Waals surface area contributed by atoms with Crippen LogP contribution in [0, 0.1) is 60.6 Å². The van der Waals surface area contributed by atoms with Gasteiger partial charge in [0.05, 0.1) is 0 Å². The van der Waals surface area contributed by atoms with Crippen LogP contribution in [0.1, 0.15) is 127 Å². The molecular formula is C139H114N2O3. The van der Waals surface area contributed by atoms with Crippen LogP contribution in [0.5, 0.6) is 11.5 Å². The first-order chi connectivity index (χ1) is 70.7. The van der Waals surface area contributed by atoms with Crippen molar-refractivity contribution in [3.8, 4) is 126 Å². The van der Waals surface area contributed by atoms with Gasteiger partial charge in [-0.05, 0) is 307 Å². The lowest BCUT2D eigenvalue weighted by molar-refractivity contribution is 0.234. The van der Waals surface area contributed by atoms with Gasteiger partial charge < -0.3 is 24.4 Å². The van der Waals surface area contributed by atoms with Crippen LogP contribution < -0.4 is 19.3 Å². The van der Waals surface area contributed by atoms with E-state index in [-0.39, 0.29) is 0 Å². The molecule has 144 heavy (non-hydrogen) atoms. The molecule has 1 atom stereocenters. The Morgan fingerprint density at radius 3 is 0.625 bits per heavy atom. The van der Waals surface area contributed by atoms with Gasteiger partial charge in [0.2, 0.25) is 0 Å². The smallest absolute Gasteiger partial charge is 0.140 e. The van der Waals surface area contributed by atoms with E-state index in [0.717, 1.165) is 96.2 Å². The molecule has 0 aliphatic heterocycles. The van der Waals surface area contributed by atoms with Gasteiger partial charge in [0.25, 0.3) is 0 Å². The summed E-state index contributed by atoms with van der Waals surface area (Å²) >= 11 is 0. The van der Waals surface area contributed by atoms with E-state index in [4.69, 9.17) is 14.6 Å². The number of hydrogen-bond acceptors (Lipinski definition) is 5. The van der Waals surface area contributed by atoms with Gasteiger partial charge in [-0.2, -0.15) is 0 Å². The number of allylic oxidation sites excluding steroid dienone is 3. The first kappa shape index (κ1) is 98.8. The molecule has 5 heteroatoms. The highest BCUT2D eigenvalue weighted by molar-refractivity contribution is 5.88. The normalized spacial score (nSPS) is 11.4. The van der Waals surface area contributed by atoms with Crippen LogP contribution in [-0.2, 0) is 0 Å². The summed E-state index contributed by atoms with van der Waals surface area (Å²) in [5.41, 5.74) is 39.5. The van der Waals surface area contributed by atoms with Gasteiger partial charge in [-0.15, -0.1) is 0 Å². The van der Waals surface area contributed by atoms with Crippen LogP contribution in [0.15, 0.2) is 455 Å². The lowest BCUT2D eigenvalue weighted by atomic mass is 9.99. The predicted octanol–water partition coefficient (Wildman–Crippen LogP) is 36.6. The SMILES string of the molecule is C/C(=C\c1ccc(-c2ccc(N(c3ccc(-c4ccc(/C=C(\C)c5ccccc5)cc4)cc3)c3ccc(-c4ccc(/C=C(\C)c5ccccc5)cc4)cc3)cc2)cc1)c1ccccc1.CC#CC#COc1ccc(/C=C/c2ccc(-c3ccc(N(c4ccc(-c5ccc(/C=C/c6ccc(C)cc6)cc5)cc4)c4ccc(-c5ccc(/C=C/c6ccc(OC#CC#CC)cc6)cc5)cc4)cc3)cc2)cc1.CCC(C)CO. The third-order valence-electron chi connectivity index (χ3n) is 25.1. The van der Waals surface area contributed by atoms with Crippen molar-refractivity contribution in [1.82, 2.24) is 0 Å². The zero-order valence-corrected chi connectivity index (χ0v) is 82.6. The average Bonchev–Trinajstić information content (AvgIpc) is 0.792. The molecule has 0 aliphatic carbocycles. The zero-order chi connectivity index (χ0) is 99.4. The van der Waals surface area contributed by atoms with Crippen molar-refractivity contribution in [1.29, 1.82) is 0 Å². The number of nitrogens with zero attached hydrogens (tertiary/aromatic N) is 2. The molecule has 0 saturated heterocycles. The van der Waals surface area contributed by atoms with Crippen molar-refractivity contribution in [2.24, 2.45) is 5.92 Å². The Kier molecular flexibility index (Phi) is 34.6. The van der Waals surface area contributed by atoms with E-state index >= 15 is 0 Å². The molecule has 0 fully saturated rings. The molecule has 18 rings (SSSR count). The minimum absolute atomic E-state index is 0.330. The summed E-state index contributed by atoms with van der Waals surface area (Å²) in [6, 6.07) is 162. The maximum atomic E-state index is 8.33. The van der Waals surface area contributed by atoms with Crippen LogP contribution in [0.3, 0.4) is 0 Å². The molecule has 18 aromatic carbocycles. The molecule has 0 aliphatic rings. The number of aryl methyl sites for hydroxylation is 1. The van der Waals surface area contributed by atoms with Crippen LogP contribution >= 0.6 is 0 Å². The average molecular weight is 1860 g/mol. The fourth-order valence-corrected chi connectivity index (χ4v) is 16.5. The first-order valence-corrected chi connectivity index (χ1v) is 48.8. The minimum atomic E-state index is 0.330. The Morgan fingerprint density at radius 1 is 0.250 bits per heavy atom. The molecule has 1 N–H and O–H groups in total. The van der Waals surface area contributed by atoms with Crippen LogP contribution in [0.2, 0.25) is 0 Å². The fourth-order valence-electron chi connectivity index (χ4n) is 16.5. The fraction of sp³-hybridized carbons (Fsp3) is 0.0791. The largest absolute Gasteiger partial charge is 0.407 e. The molecule has 18 aromatic rings. The van der Waals surface area contributed by atoms with Crippen molar-refractivity contribution >= 4 is 106 Å². The van der Waals surface area contributed by atoms with E-state index in [9.17, 15) is 0 Å². The summed E-state index contributed by atoms with van der Waals surface area (Å²) in [7, 11) is 0. The van der Waals surface area contributed by atoms with Gasteiger partial charge in [-0.1, -0.05) is 450 Å². The van der Waals surface area contributed by atoms with E-state index in [1.807, 2.05) is 55.5 Å². The number of rotatable bonds is 28. The molecule has 1 unspecified atom stereocenters. The topological polar surface area (TPSA) is 45.2 Å². The monoisotopic (exact) mass is 1860 g/mol. The number of benzene rings is 18. The van der Waals surface area contributed by atoms with E-state index in [1.54, 1.807) is 13.8 Å². The van der Waals surface area contributed by atoms with E-state index in [2.05, 4.69) is 553 Å². The number of hydrogen-bond donors (Lipinski definition) is 1. The molecule has 0 radical (unpaired) electrons. The number of aliphatic hydroxyl groups excluding tert-OH is 1. The quantitative estimate of drug-likeness (QED) is 0.0391. The van der Waals surface area contributed by atoms with Crippen molar-refractivity contribution in [2.75, 3.05) is 16.4 Å². The van der Waals surface area contributed by atoms with Crippen LogP contribution in [-0.4, -0.2) is 11.7 Å². The Labute approximate surface area is 851 Å². The number of ether oxygens (including phenoxy) is 2. The second-order valence-corrected chi connectivity index (χ2v) is 35.4. The lowest BCUT2D eigenvalue weighted by Gasteiger charge is -2.26. The van der Waals surface area contributed by atoms with Gasteiger partial charge in [-0.25, -0.2) is 0 Å². The van der Waals surface area contributed by atoms with E-state index < -0.39 is 0 Å². The van der Waals surface area contributed by atoms with Gasteiger partial charge in [0.15, 0.2) is 0 Å². The second kappa shape index (κ2) is 50.4. The van der Waals surface area contributed by atoms with Crippen molar-refractivity contribution in [3.63, 3.8) is 0 Å².